The van der Waals surface area contributed by atoms with Crippen LogP contribution in [0, 0.1) is 6.42 Å². The van der Waals surface area contributed by atoms with E-state index in [-0.39, 0.29) is 40.0 Å². The van der Waals surface area contributed by atoms with Crippen molar-refractivity contribution < 1.29 is 21.7 Å². The van der Waals surface area contributed by atoms with E-state index in [4.69, 9.17) is 4.74 Å². The standard InChI is InChI=1S/C6H11.C4H10O.BrH.Mg/c1-2-4-6-5-3-1;1-3-5-4-2;;/h1H,2-6H2;3-4H2,1-2H3;1H;/q-1;;;+2/p-1. The van der Waals surface area contributed by atoms with Gasteiger partial charge in [-0.05, 0) is 13.8 Å². The molecule has 0 radical (unpaired) electrons. The summed E-state index contributed by atoms with van der Waals surface area (Å²) in [6, 6.07) is 0. The zero-order chi connectivity index (χ0) is 8.36. The Morgan fingerprint density at radius 1 is 1.00 bits per heavy atom. The van der Waals surface area contributed by atoms with Crippen LogP contribution in [0.2, 0.25) is 0 Å². The van der Waals surface area contributed by atoms with Gasteiger partial charge < -0.3 is 28.1 Å². The van der Waals surface area contributed by atoms with Gasteiger partial charge in [0.15, 0.2) is 0 Å². The van der Waals surface area contributed by atoms with Gasteiger partial charge in [0.2, 0.25) is 0 Å². The zero-order valence-electron chi connectivity index (χ0n) is 9.02. The minimum atomic E-state index is 0. The fourth-order valence-corrected chi connectivity index (χ4v) is 1.10. The van der Waals surface area contributed by atoms with E-state index in [9.17, 15) is 0 Å². The maximum absolute atomic E-state index is 4.83. The maximum atomic E-state index is 4.83. The van der Waals surface area contributed by atoms with Gasteiger partial charge >= 0.3 is 23.1 Å². The van der Waals surface area contributed by atoms with Crippen LogP contribution >= 0.6 is 0 Å². The molecule has 0 heterocycles. The molecule has 1 nitrogen and oxygen atoms in total. The summed E-state index contributed by atoms with van der Waals surface area (Å²) in [5, 5.41) is 0. The molecule has 0 aliphatic heterocycles. The van der Waals surface area contributed by atoms with Crippen LogP contribution in [0.5, 0.6) is 0 Å². The van der Waals surface area contributed by atoms with Crippen LogP contribution in [0.1, 0.15) is 46.0 Å². The Morgan fingerprint density at radius 3 is 1.54 bits per heavy atom. The van der Waals surface area contributed by atoms with Gasteiger partial charge in [-0.25, -0.2) is 0 Å². The molecule has 76 valence electrons. The molecule has 0 atom stereocenters. The first-order valence-electron chi connectivity index (χ1n) is 4.81. The molecule has 3 heteroatoms. The largest absolute Gasteiger partial charge is 2.00 e. The summed E-state index contributed by atoms with van der Waals surface area (Å²) in [5.74, 6) is 0. The summed E-state index contributed by atoms with van der Waals surface area (Å²) in [6.45, 7) is 5.67. The van der Waals surface area contributed by atoms with Gasteiger partial charge in [0.05, 0.1) is 0 Å². The van der Waals surface area contributed by atoms with Crippen LogP contribution in [0.25, 0.3) is 0 Å². The molecule has 1 rings (SSSR count). The first kappa shape index (κ1) is 19.7. The van der Waals surface area contributed by atoms with Crippen LogP contribution in [0.4, 0.5) is 0 Å². The second-order valence-corrected chi connectivity index (χ2v) is 2.71. The van der Waals surface area contributed by atoms with Gasteiger partial charge in [-0.3, -0.25) is 0 Å². The van der Waals surface area contributed by atoms with Gasteiger partial charge in [-0.2, -0.15) is 12.8 Å². The van der Waals surface area contributed by atoms with Crippen molar-refractivity contribution in [1.29, 1.82) is 0 Å². The van der Waals surface area contributed by atoms with Crippen molar-refractivity contribution in [1.82, 2.24) is 0 Å². The Balaban J connectivity index is -0.000000136. The van der Waals surface area contributed by atoms with Crippen LogP contribution in [0.3, 0.4) is 0 Å². The Labute approximate surface area is 110 Å². The second-order valence-electron chi connectivity index (χ2n) is 2.71. The van der Waals surface area contributed by atoms with Crippen LogP contribution in [-0.4, -0.2) is 36.3 Å². The van der Waals surface area contributed by atoms with E-state index >= 15 is 0 Å². The first-order chi connectivity index (χ1) is 5.41. The molecule has 0 aromatic carbocycles. The second kappa shape index (κ2) is 18.9. The van der Waals surface area contributed by atoms with E-state index in [1.54, 1.807) is 0 Å². The average Bonchev–Trinajstić information content (AvgIpc) is 2.10. The van der Waals surface area contributed by atoms with Crippen LogP contribution < -0.4 is 17.0 Å². The van der Waals surface area contributed by atoms with Crippen LogP contribution in [0.15, 0.2) is 0 Å². The Bertz CT molecular complexity index is 54.4. The number of ether oxygens (including phenoxy) is 1. The number of rotatable bonds is 2. The van der Waals surface area contributed by atoms with E-state index in [0.29, 0.717) is 0 Å². The summed E-state index contributed by atoms with van der Waals surface area (Å²) in [6.07, 6.45) is 9.50. The predicted molar refractivity (Wildman–Crippen MR) is 55.3 cm³/mol. The van der Waals surface area contributed by atoms with Crippen molar-refractivity contribution in [3.63, 3.8) is 0 Å². The van der Waals surface area contributed by atoms with Crippen molar-refractivity contribution in [2.24, 2.45) is 0 Å². The molecule has 1 aliphatic carbocycles. The molecule has 0 amide bonds. The third kappa shape index (κ3) is 19.6. The predicted octanol–water partition coefficient (Wildman–Crippen LogP) is -0.179. The van der Waals surface area contributed by atoms with Gasteiger partial charge in [0.25, 0.3) is 0 Å². The molecule has 1 saturated carbocycles. The first-order valence-corrected chi connectivity index (χ1v) is 4.81. The Hall–Kier alpha value is 1.21. The molecule has 0 N–H and O–H groups in total. The van der Waals surface area contributed by atoms with Gasteiger partial charge in [0, 0.05) is 13.2 Å². The van der Waals surface area contributed by atoms with Gasteiger partial charge in [0.1, 0.15) is 0 Å². The van der Waals surface area contributed by atoms with Crippen molar-refractivity contribution in [2.45, 2.75) is 46.0 Å². The van der Waals surface area contributed by atoms with E-state index in [1.807, 2.05) is 13.8 Å². The van der Waals surface area contributed by atoms with E-state index < -0.39 is 0 Å². The molecule has 13 heavy (non-hydrogen) atoms. The fourth-order valence-electron chi connectivity index (χ4n) is 1.10. The monoisotopic (exact) mass is 260 g/mol. The number of hydrogen-bond donors (Lipinski definition) is 0. The molecule has 0 aromatic heterocycles. The van der Waals surface area contributed by atoms with E-state index in [2.05, 4.69) is 6.42 Å². The number of halogens is 1. The van der Waals surface area contributed by atoms with E-state index in [1.165, 1.54) is 32.1 Å². The molecular weight excluding hydrogens is 240 g/mol. The topological polar surface area (TPSA) is 9.23 Å². The Kier molecular flexibility index (Phi) is 28.7. The summed E-state index contributed by atoms with van der Waals surface area (Å²) >= 11 is 0. The van der Waals surface area contributed by atoms with Crippen molar-refractivity contribution >= 4 is 23.1 Å². The van der Waals surface area contributed by atoms with Crippen molar-refractivity contribution in [3.05, 3.63) is 6.42 Å². The van der Waals surface area contributed by atoms with Gasteiger partial charge in [-0.15, -0.1) is 0 Å². The minimum Gasteiger partial charge on any atom is -1.00 e. The molecule has 0 spiro atoms. The minimum absolute atomic E-state index is 0. The maximum Gasteiger partial charge on any atom is 2.00 e. The smallest absolute Gasteiger partial charge is 1.00 e. The average molecular weight is 261 g/mol. The third-order valence-corrected chi connectivity index (χ3v) is 1.72. The molecule has 0 bridgehead atoms. The van der Waals surface area contributed by atoms with E-state index in [0.717, 1.165) is 13.2 Å². The SMILES string of the molecule is CCOCC.[Br-].[CH-]1CCCCC1.[Mg+2]. The fraction of sp³-hybridized carbons (Fsp3) is 0.900. The molecule has 1 fully saturated rings. The summed E-state index contributed by atoms with van der Waals surface area (Å²) < 4.78 is 4.83. The molecule has 0 aromatic rings. The Morgan fingerprint density at radius 2 is 1.46 bits per heavy atom. The molecule has 1 aliphatic rings. The van der Waals surface area contributed by atoms with Crippen LogP contribution in [-0.2, 0) is 4.74 Å². The summed E-state index contributed by atoms with van der Waals surface area (Å²) in [5.41, 5.74) is 0. The molecule has 0 unspecified atom stereocenters. The number of hydrogen-bond acceptors (Lipinski definition) is 1. The summed E-state index contributed by atoms with van der Waals surface area (Å²) in [7, 11) is 0. The zero-order valence-corrected chi connectivity index (χ0v) is 12.0. The third-order valence-electron chi connectivity index (χ3n) is 1.72. The summed E-state index contributed by atoms with van der Waals surface area (Å²) in [4.78, 5) is 0. The van der Waals surface area contributed by atoms with Crippen molar-refractivity contribution in [2.75, 3.05) is 13.2 Å². The molecular formula is C10H21BrMgO. The van der Waals surface area contributed by atoms with Gasteiger partial charge in [-0.1, -0.05) is 19.3 Å². The normalized spacial score (nSPS) is 14.3. The van der Waals surface area contributed by atoms with Crippen molar-refractivity contribution in [3.8, 4) is 0 Å². The quantitative estimate of drug-likeness (QED) is 0.495. The molecule has 0 saturated heterocycles.